The zero-order valence-electron chi connectivity index (χ0n) is 12.8. The number of rotatable bonds is 5. The van der Waals surface area contributed by atoms with Crippen molar-refractivity contribution < 1.29 is 4.52 Å². The summed E-state index contributed by atoms with van der Waals surface area (Å²) >= 11 is 6.55. The molecule has 0 radical (unpaired) electrons. The van der Waals surface area contributed by atoms with Gasteiger partial charge < -0.3 is 4.52 Å². The van der Waals surface area contributed by atoms with Crippen molar-refractivity contribution in [1.29, 1.82) is 0 Å². The average molecular weight is 427 g/mol. The summed E-state index contributed by atoms with van der Waals surface area (Å²) < 4.78 is 8.32. The number of thiophene rings is 1. The van der Waals surface area contributed by atoms with Crippen LogP contribution in [0.2, 0.25) is 0 Å². The fraction of sp³-hybridized carbons (Fsp3) is 0.500. The van der Waals surface area contributed by atoms with Crippen LogP contribution in [0.15, 0.2) is 25.6 Å². The summed E-state index contributed by atoms with van der Waals surface area (Å²) in [5.74, 6) is 1.76. The van der Waals surface area contributed by atoms with Gasteiger partial charge in [0.1, 0.15) is 0 Å². The predicted octanol–water partition coefficient (Wildman–Crippen LogP) is 4.34. The SMILES string of the molecule is Brc1csc(-c2noc(CSc3nnnn3C3CCCCC3)n2)c1. The summed E-state index contributed by atoms with van der Waals surface area (Å²) in [6.07, 6.45) is 6.11. The van der Waals surface area contributed by atoms with Crippen LogP contribution in [0.5, 0.6) is 0 Å². The summed E-state index contributed by atoms with van der Waals surface area (Å²) in [6, 6.07) is 2.40. The highest BCUT2D eigenvalue weighted by Crippen LogP contribution is 2.32. The van der Waals surface area contributed by atoms with Crippen molar-refractivity contribution in [2.75, 3.05) is 0 Å². The predicted molar refractivity (Wildman–Crippen MR) is 94.8 cm³/mol. The Balaban J connectivity index is 1.42. The minimum atomic E-state index is 0.415. The lowest BCUT2D eigenvalue weighted by Gasteiger charge is -2.21. The third-order valence-corrected chi connectivity index (χ3v) is 6.57. The lowest BCUT2D eigenvalue weighted by molar-refractivity contribution is 0.307. The van der Waals surface area contributed by atoms with Gasteiger partial charge in [-0.1, -0.05) is 36.2 Å². The summed E-state index contributed by atoms with van der Waals surface area (Å²) in [4.78, 5) is 5.43. The molecule has 0 aromatic carbocycles. The molecule has 1 aliphatic carbocycles. The van der Waals surface area contributed by atoms with E-state index in [1.54, 1.807) is 11.3 Å². The molecule has 0 spiro atoms. The number of thioether (sulfide) groups is 1. The number of hydrogen-bond acceptors (Lipinski definition) is 8. The Bertz CT molecular complexity index is 810. The van der Waals surface area contributed by atoms with E-state index in [0.29, 0.717) is 23.5 Å². The van der Waals surface area contributed by atoms with Gasteiger partial charge in [-0.3, -0.25) is 0 Å². The van der Waals surface area contributed by atoms with E-state index in [1.165, 1.54) is 31.0 Å². The Morgan fingerprint density at radius 1 is 1.33 bits per heavy atom. The van der Waals surface area contributed by atoms with Crippen molar-refractivity contribution >= 4 is 39.0 Å². The Morgan fingerprint density at radius 3 is 3.00 bits per heavy atom. The largest absolute Gasteiger partial charge is 0.338 e. The Hall–Kier alpha value is -1.26. The summed E-state index contributed by atoms with van der Waals surface area (Å²) in [7, 11) is 0. The lowest BCUT2D eigenvalue weighted by atomic mass is 9.96. The second-order valence-electron chi connectivity index (χ2n) is 5.63. The average Bonchev–Trinajstić information content (AvgIpc) is 3.34. The highest BCUT2D eigenvalue weighted by molar-refractivity contribution is 9.10. The molecule has 126 valence electrons. The third kappa shape index (κ3) is 3.55. The van der Waals surface area contributed by atoms with Crippen LogP contribution in [0.4, 0.5) is 0 Å². The Kier molecular flexibility index (Phi) is 4.95. The molecule has 0 aliphatic heterocycles. The molecule has 0 unspecified atom stereocenters. The van der Waals surface area contributed by atoms with Crippen molar-refractivity contribution in [3.05, 3.63) is 21.8 Å². The second-order valence-corrected chi connectivity index (χ2v) is 8.40. The van der Waals surface area contributed by atoms with Gasteiger partial charge in [0.05, 0.1) is 16.7 Å². The molecule has 0 amide bonds. The van der Waals surface area contributed by atoms with Gasteiger partial charge in [0.15, 0.2) is 0 Å². The van der Waals surface area contributed by atoms with E-state index in [2.05, 4.69) is 41.6 Å². The molecule has 1 aliphatic rings. The van der Waals surface area contributed by atoms with Crippen molar-refractivity contribution in [1.82, 2.24) is 30.3 Å². The van der Waals surface area contributed by atoms with Crippen molar-refractivity contribution in [2.45, 2.75) is 49.1 Å². The maximum absolute atomic E-state index is 5.34. The van der Waals surface area contributed by atoms with Gasteiger partial charge in [0.25, 0.3) is 0 Å². The molecule has 7 nitrogen and oxygen atoms in total. The first-order valence-electron chi connectivity index (χ1n) is 7.77. The standard InChI is InChI=1S/C14H15BrN6OS2/c15-9-6-11(23-7-9)13-16-12(22-18-13)8-24-14-17-19-20-21(14)10-4-2-1-3-5-10/h6-7,10H,1-5,8H2. The molecule has 0 bridgehead atoms. The summed E-state index contributed by atoms with van der Waals surface area (Å²) in [5, 5.41) is 19.0. The number of aromatic nitrogens is 6. The summed E-state index contributed by atoms with van der Waals surface area (Å²) in [5.41, 5.74) is 0. The Labute approximate surface area is 155 Å². The van der Waals surface area contributed by atoms with E-state index < -0.39 is 0 Å². The molecule has 3 aromatic heterocycles. The van der Waals surface area contributed by atoms with E-state index in [0.717, 1.165) is 27.3 Å². The molecule has 24 heavy (non-hydrogen) atoms. The Morgan fingerprint density at radius 2 is 2.21 bits per heavy atom. The molecule has 0 atom stereocenters. The zero-order chi connectivity index (χ0) is 16.4. The lowest BCUT2D eigenvalue weighted by Crippen LogP contribution is -2.15. The van der Waals surface area contributed by atoms with Crippen LogP contribution in [0, 0.1) is 0 Å². The van der Waals surface area contributed by atoms with Gasteiger partial charge in [0.2, 0.25) is 16.9 Å². The highest BCUT2D eigenvalue weighted by Gasteiger charge is 2.21. The molecule has 0 N–H and O–H groups in total. The number of hydrogen-bond donors (Lipinski definition) is 0. The highest BCUT2D eigenvalue weighted by atomic mass is 79.9. The van der Waals surface area contributed by atoms with Gasteiger partial charge in [-0.2, -0.15) is 4.98 Å². The molecule has 1 saturated carbocycles. The fourth-order valence-corrected chi connectivity index (χ4v) is 4.94. The van der Waals surface area contributed by atoms with Crippen LogP contribution < -0.4 is 0 Å². The molecule has 10 heteroatoms. The van der Waals surface area contributed by atoms with Crippen molar-refractivity contribution in [3.8, 4) is 10.7 Å². The van der Waals surface area contributed by atoms with Crippen LogP contribution in [0.25, 0.3) is 10.7 Å². The first-order chi connectivity index (χ1) is 11.8. The van der Waals surface area contributed by atoms with Crippen molar-refractivity contribution in [2.24, 2.45) is 0 Å². The van der Waals surface area contributed by atoms with E-state index >= 15 is 0 Å². The molecule has 0 saturated heterocycles. The number of halogens is 1. The minimum absolute atomic E-state index is 0.415. The van der Waals surface area contributed by atoms with Crippen LogP contribution in [0.3, 0.4) is 0 Å². The number of nitrogens with zero attached hydrogens (tertiary/aromatic N) is 6. The zero-order valence-corrected chi connectivity index (χ0v) is 16.0. The van der Waals surface area contributed by atoms with Gasteiger partial charge >= 0.3 is 0 Å². The molecule has 3 heterocycles. The molecular formula is C14H15BrN6OS2. The first-order valence-corrected chi connectivity index (χ1v) is 10.4. The first kappa shape index (κ1) is 16.2. The van der Waals surface area contributed by atoms with Crippen molar-refractivity contribution in [3.63, 3.8) is 0 Å². The molecule has 3 aromatic rings. The van der Waals surface area contributed by atoms with Crippen LogP contribution >= 0.6 is 39.0 Å². The van der Waals surface area contributed by atoms with Crippen LogP contribution in [-0.4, -0.2) is 30.3 Å². The van der Waals surface area contributed by atoms with Gasteiger partial charge in [-0.05, 0) is 45.3 Å². The third-order valence-electron chi connectivity index (χ3n) is 3.96. The smallest absolute Gasteiger partial charge is 0.237 e. The van der Waals surface area contributed by atoms with E-state index in [-0.39, 0.29) is 0 Å². The van der Waals surface area contributed by atoms with Gasteiger partial charge in [-0.25, -0.2) is 4.68 Å². The van der Waals surface area contributed by atoms with Gasteiger partial charge in [0, 0.05) is 9.85 Å². The van der Waals surface area contributed by atoms with Crippen LogP contribution in [-0.2, 0) is 5.75 Å². The van der Waals surface area contributed by atoms with E-state index in [4.69, 9.17) is 4.52 Å². The summed E-state index contributed by atoms with van der Waals surface area (Å²) in [6.45, 7) is 0. The maximum atomic E-state index is 5.34. The fourth-order valence-electron chi connectivity index (χ4n) is 2.81. The molecular weight excluding hydrogens is 412 g/mol. The van der Waals surface area contributed by atoms with Gasteiger partial charge in [-0.15, -0.1) is 16.4 Å². The van der Waals surface area contributed by atoms with E-state index in [1.807, 2.05) is 16.1 Å². The molecule has 4 rings (SSSR count). The maximum Gasteiger partial charge on any atom is 0.237 e. The monoisotopic (exact) mass is 426 g/mol. The topological polar surface area (TPSA) is 82.5 Å². The second kappa shape index (κ2) is 7.32. The molecule has 1 fully saturated rings. The number of tetrazole rings is 1. The quantitative estimate of drug-likeness (QED) is 0.560. The van der Waals surface area contributed by atoms with E-state index in [9.17, 15) is 0 Å². The minimum Gasteiger partial charge on any atom is -0.338 e. The normalized spacial score (nSPS) is 15.9. The van der Waals surface area contributed by atoms with Crippen LogP contribution in [0.1, 0.15) is 44.0 Å².